The van der Waals surface area contributed by atoms with Crippen molar-refractivity contribution in [2.24, 2.45) is 0 Å². The average molecular weight is 360 g/mol. The van der Waals surface area contributed by atoms with Gasteiger partial charge in [-0.15, -0.1) is 0 Å². The molecule has 0 unspecified atom stereocenters. The van der Waals surface area contributed by atoms with Gasteiger partial charge in [0.2, 0.25) is 0 Å². The predicted molar refractivity (Wildman–Crippen MR) is 107 cm³/mol. The van der Waals surface area contributed by atoms with Crippen molar-refractivity contribution >= 4 is 19.0 Å². The van der Waals surface area contributed by atoms with E-state index in [9.17, 15) is 9.59 Å². The van der Waals surface area contributed by atoms with Crippen LogP contribution in [0.15, 0.2) is 0 Å². The monoisotopic (exact) mass is 359 g/mol. The molecule has 0 amide bonds. The molecule has 0 heterocycles. The lowest BCUT2D eigenvalue weighted by Gasteiger charge is -2.28. The van der Waals surface area contributed by atoms with Gasteiger partial charge in [-0.1, -0.05) is 40.0 Å². The van der Waals surface area contributed by atoms with Gasteiger partial charge in [-0.2, -0.15) is 0 Å². The summed E-state index contributed by atoms with van der Waals surface area (Å²) >= 11 is 0. The number of ether oxygens (including phenoxy) is 1. The summed E-state index contributed by atoms with van der Waals surface area (Å²) in [5, 5.41) is 0. The average Bonchev–Trinajstić information content (AvgIpc) is 2.57. The molecule has 0 spiro atoms. The summed E-state index contributed by atoms with van der Waals surface area (Å²) in [7, 11) is -0.882. The highest BCUT2D eigenvalue weighted by Gasteiger charge is 2.34. The van der Waals surface area contributed by atoms with Crippen molar-refractivity contribution < 1.29 is 14.3 Å². The molecule has 3 nitrogen and oxygen atoms in total. The van der Waals surface area contributed by atoms with E-state index in [-0.39, 0.29) is 18.2 Å². The van der Waals surface area contributed by atoms with Gasteiger partial charge in [-0.25, -0.2) is 0 Å². The van der Waals surface area contributed by atoms with Gasteiger partial charge in [0.25, 0.3) is 0 Å². The highest BCUT2D eigenvalue weighted by molar-refractivity contribution is 7.75. The number of Topliss-reactive ketones (excluding diaryl/α,β-unsaturated/α-hetero) is 1. The Morgan fingerprint density at radius 2 is 1.21 bits per heavy atom. The van der Waals surface area contributed by atoms with Crippen LogP contribution in [0.25, 0.3) is 0 Å². The Bertz CT molecular complexity index is 320. The number of hydrogen-bond acceptors (Lipinski definition) is 3. The Morgan fingerprint density at radius 3 is 1.62 bits per heavy atom. The highest BCUT2D eigenvalue weighted by atomic mass is 31.2. The van der Waals surface area contributed by atoms with Gasteiger partial charge in [0.15, 0.2) is 0 Å². The van der Waals surface area contributed by atoms with Crippen molar-refractivity contribution in [3.63, 3.8) is 0 Å². The lowest BCUT2D eigenvalue weighted by atomic mass is 10.2. The molecule has 4 heteroatoms. The van der Waals surface area contributed by atoms with Crippen LogP contribution in [0.4, 0.5) is 0 Å². The standard InChI is InChI=1S/C20H40O3P/c1-5-8-15-24(16-9-6-2,17-10-7-3)18-11-14-23-20(22)13-12-19(4)21/h5-18H2,1-4H3/q+1. The number of unbranched alkanes of at least 4 members (excludes halogenated alkanes) is 3. The van der Waals surface area contributed by atoms with Crippen molar-refractivity contribution in [2.45, 2.75) is 85.5 Å². The number of carbonyl (C=O) groups is 2. The fraction of sp³-hybridized carbons (Fsp3) is 0.900. The molecule has 0 fully saturated rings. The van der Waals surface area contributed by atoms with Crippen LogP contribution in [0.5, 0.6) is 0 Å². The molecule has 24 heavy (non-hydrogen) atoms. The highest BCUT2D eigenvalue weighted by Crippen LogP contribution is 2.61. The fourth-order valence-corrected chi connectivity index (χ4v) is 8.19. The minimum Gasteiger partial charge on any atom is -0.466 e. The normalized spacial score (nSPS) is 11.5. The van der Waals surface area contributed by atoms with Crippen LogP contribution in [0.2, 0.25) is 0 Å². The van der Waals surface area contributed by atoms with E-state index in [1.165, 1.54) is 70.1 Å². The maximum Gasteiger partial charge on any atom is 0.306 e. The molecule has 0 radical (unpaired) electrons. The van der Waals surface area contributed by atoms with Gasteiger partial charge in [-0.3, -0.25) is 4.79 Å². The van der Waals surface area contributed by atoms with Crippen LogP contribution >= 0.6 is 7.26 Å². The molecular formula is C20H40O3P+. The second kappa shape index (κ2) is 14.9. The summed E-state index contributed by atoms with van der Waals surface area (Å²) in [6, 6.07) is 0. The van der Waals surface area contributed by atoms with Crippen molar-refractivity contribution in [3.05, 3.63) is 0 Å². The van der Waals surface area contributed by atoms with E-state index in [0.717, 1.165) is 6.42 Å². The zero-order valence-corrected chi connectivity index (χ0v) is 17.5. The van der Waals surface area contributed by atoms with Gasteiger partial charge < -0.3 is 9.53 Å². The quantitative estimate of drug-likeness (QED) is 0.201. The first-order valence-corrected chi connectivity index (χ1v) is 12.5. The third kappa shape index (κ3) is 12.0. The van der Waals surface area contributed by atoms with E-state index in [1.807, 2.05) is 0 Å². The van der Waals surface area contributed by atoms with E-state index in [1.54, 1.807) is 0 Å². The predicted octanol–water partition coefficient (Wildman–Crippen LogP) is 5.71. The summed E-state index contributed by atoms with van der Waals surface area (Å²) in [5.41, 5.74) is 0. The topological polar surface area (TPSA) is 43.4 Å². The molecule has 0 saturated heterocycles. The second-order valence-corrected chi connectivity index (χ2v) is 11.5. The van der Waals surface area contributed by atoms with Crippen LogP contribution < -0.4 is 0 Å². The molecule has 0 rings (SSSR count). The number of rotatable bonds is 16. The van der Waals surface area contributed by atoms with E-state index in [0.29, 0.717) is 13.0 Å². The number of carbonyl (C=O) groups excluding carboxylic acids is 2. The van der Waals surface area contributed by atoms with Crippen molar-refractivity contribution in [2.75, 3.05) is 31.3 Å². The molecular weight excluding hydrogens is 319 g/mol. The Balaban J connectivity index is 4.39. The summed E-state index contributed by atoms with van der Waals surface area (Å²) in [4.78, 5) is 22.5. The van der Waals surface area contributed by atoms with Crippen molar-refractivity contribution in [1.82, 2.24) is 0 Å². The molecule has 0 aromatic carbocycles. The summed E-state index contributed by atoms with van der Waals surface area (Å²) < 4.78 is 5.33. The number of hydrogen-bond donors (Lipinski definition) is 0. The maximum absolute atomic E-state index is 11.6. The minimum absolute atomic E-state index is 0.0515. The molecule has 0 saturated carbocycles. The Morgan fingerprint density at radius 1 is 0.750 bits per heavy atom. The van der Waals surface area contributed by atoms with Gasteiger partial charge in [-0.05, 0) is 26.2 Å². The Kier molecular flexibility index (Phi) is 14.6. The van der Waals surface area contributed by atoms with Crippen LogP contribution in [-0.4, -0.2) is 43.0 Å². The molecule has 0 bridgehead atoms. The van der Waals surface area contributed by atoms with Crippen LogP contribution in [0.1, 0.15) is 85.5 Å². The smallest absolute Gasteiger partial charge is 0.306 e. The molecule has 0 aliphatic carbocycles. The second-order valence-electron chi connectivity index (χ2n) is 7.07. The number of ketones is 1. The van der Waals surface area contributed by atoms with Crippen LogP contribution in [0.3, 0.4) is 0 Å². The van der Waals surface area contributed by atoms with Crippen LogP contribution in [0, 0.1) is 0 Å². The molecule has 0 aliphatic rings. The Labute approximate surface area is 150 Å². The zero-order valence-electron chi connectivity index (χ0n) is 16.6. The maximum atomic E-state index is 11.6. The molecule has 0 atom stereocenters. The third-order valence-electron chi connectivity index (χ3n) is 4.68. The van der Waals surface area contributed by atoms with Crippen LogP contribution in [-0.2, 0) is 14.3 Å². The van der Waals surface area contributed by atoms with Crippen molar-refractivity contribution in [1.29, 1.82) is 0 Å². The molecule has 0 aromatic heterocycles. The molecule has 0 N–H and O–H groups in total. The van der Waals surface area contributed by atoms with Gasteiger partial charge in [0.1, 0.15) is 5.78 Å². The first kappa shape index (κ1) is 23.6. The number of esters is 1. The van der Waals surface area contributed by atoms with Crippen molar-refractivity contribution in [3.8, 4) is 0 Å². The van der Waals surface area contributed by atoms with E-state index in [4.69, 9.17) is 4.74 Å². The SMILES string of the molecule is CCCC[P+](CCCC)(CCCC)CCCOC(=O)CCC(C)=O. The minimum atomic E-state index is -0.882. The first-order valence-electron chi connectivity index (χ1n) is 9.99. The van der Waals surface area contributed by atoms with E-state index < -0.39 is 7.26 Å². The fourth-order valence-electron chi connectivity index (χ4n) is 3.09. The summed E-state index contributed by atoms with van der Waals surface area (Å²) in [6.07, 6.45) is 14.9. The largest absolute Gasteiger partial charge is 0.466 e. The Hall–Kier alpha value is -0.430. The van der Waals surface area contributed by atoms with Gasteiger partial charge >= 0.3 is 5.97 Å². The first-order chi connectivity index (χ1) is 11.5. The van der Waals surface area contributed by atoms with Gasteiger partial charge in [0, 0.05) is 20.1 Å². The molecule has 0 aliphatic heterocycles. The third-order valence-corrected chi connectivity index (χ3v) is 9.74. The lowest BCUT2D eigenvalue weighted by Crippen LogP contribution is -2.15. The van der Waals surface area contributed by atoms with Gasteiger partial charge in [0.05, 0.1) is 37.7 Å². The molecule has 142 valence electrons. The molecule has 0 aromatic rings. The zero-order chi connectivity index (χ0) is 18.3. The summed E-state index contributed by atoms with van der Waals surface area (Å²) in [5.74, 6) is -0.166. The van der Waals surface area contributed by atoms with E-state index >= 15 is 0 Å². The lowest BCUT2D eigenvalue weighted by molar-refractivity contribution is -0.144. The summed E-state index contributed by atoms with van der Waals surface area (Å²) in [6.45, 7) is 8.89. The van der Waals surface area contributed by atoms with E-state index in [2.05, 4.69) is 20.8 Å².